The van der Waals surface area contributed by atoms with Gasteiger partial charge < -0.3 is 20.4 Å². The van der Waals surface area contributed by atoms with Crippen LogP contribution in [0.15, 0.2) is 79.1 Å². The molecular formula is C30H30F2N4O5S. The van der Waals surface area contributed by atoms with Crippen molar-refractivity contribution in [2.75, 3.05) is 24.4 Å². The number of aromatic nitrogens is 2. The maximum atomic E-state index is 13.8. The summed E-state index contributed by atoms with van der Waals surface area (Å²) in [6, 6.07) is 15.0. The van der Waals surface area contributed by atoms with Gasteiger partial charge in [-0.25, -0.2) is 27.0 Å². The lowest BCUT2D eigenvalue weighted by Gasteiger charge is -2.22. The molecule has 1 aromatic heterocycles. The zero-order chi connectivity index (χ0) is 30.3. The Balaban J connectivity index is 1.69. The fourth-order valence-corrected chi connectivity index (χ4v) is 5.07. The number of hydrogen-bond acceptors (Lipinski definition) is 7. The third-order valence-corrected chi connectivity index (χ3v) is 7.53. The number of carbonyl (C=O) groups is 2. The van der Waals surface area contributed by atoms with E-state index in [2.05, 4.69) is 20.6 Å². The molecule has 0 saturated heterocycles. The highest BCUT2D eigenvalue weighted by atomic mass is 32.2. The summed E-state index contributed by atoms with van der Waals surface area (Å²) in [5, 5.41) is 6.00. The molecule has 0 spiro atoms. The first-order valence-corrected chi connectivity index (χ1v) is 15.0. The van der Waals surface area contributed by atoms with E-state index in [1.165, 1.54) is 36.4 Å². The lowest BCUT2D eigenvalue weighted by molar-refractivity contribution is -0.142. The largest absolute Gasteiger partial charge is 0.467 e. The smallest absolute Gasteiger partial charge is 0.328 e. The molecule has 3 aromatic carbocycles. The first-order valence-electron chi connectivity index (χ1n) is 13.0. The molecule has 1 amide bonds. The van der Waals surface area contributed by atoms with Crippen molar-refractivity contribution in [3.8, 4) is 11.1 Å². The lowest BCUT2D eigenvalue weighted by Crippen LogP contribution is -2.42. The molecule has 0 radical (unpaired) electrons. The van der Waals surface area contributed by atoms with E-state index in [1.54, 1.807) is 42.7 Å². The van der Waals surface area contributed by atoms with E-state index >= 15 is 0 Å². The predicted octanol–water partition coefficient (Wildman–Crippen LogP) is 4.46. The third-order valence-electron chi connectivity index (χ3n) is 6.55. The normalized spacial score (nSPS) is 12.8. The van der Waals surface area contributed by atoms with E-state index in [0.29, 0.717) is 29.1 Å². The van der Waals surface area contributed by atoms with E-state index in [0.717, 1.165) is 18.9 Å². The van der Waals surface area contributed by atoms with Gasteiger partial charge in [0.2, 0.25) is 0 Å². The first kappa shape index (κ1) is 30.4. The third kappa shape index (κ3) is 8.23. The van der Waals surface area contributed by atoms with Crippen LogP contribution < -0.4 is 10.6 Å². The number of anilines is 1. The number of ether oxygens (including phenoxy) is 1. The number of esters is 1. The molecule has 9 nitrogen and oxygen atoms in total. The monoisotopic (exact) mass is 596 g/mol. The van der Waals surface area contributed by atoms with Crippen LogP contribution in [0.4, 0.5) is 14.5 Å². The second kappa shape index (κ2) is 13.4. The van der Waals surface area contributed by atoms with Gasteiger partial charge in [-0.1, -0.05) is 24.3 Å². The SMILES string of the molecule is COC(=O)[C@H](CCS(C)(=O)=O)NC(=O)c1ccc(NC(Cc2ncc[nH]2)c2ccc(F)cc2)cc1-c1ccc(F)cc1. The number of carbonyl (C=O) groups excluding carboxylic acids is 2. The molecule has 2 atom stereocenters. The summed E-state index contributed by atoms with van der Waals surface area (Å²) >= 11 is 0. The second-order valence-electron chi connectivity index (χ2n) is 9.72. The van der Waals surface area contributed by atoms with Crippen LogP contribution in [0.25, 0.3) is 11.1 Å². The number of halogens is 2. The van der Waals surface area contributed by atoms with Gasteiger partial charge in [0.15, 0.2) is 0 Å². The van der Waals surface area contributed by atoms with Gasteiger partial charge in [-0.05, 0) is 65.6 Å². The quantitative estimate of drug-likeness (QED) is 0.206. The fourth-order valence-electron chi connectivity index (χ4n) is 4.41. The van der Waals surface area contributed by atoms with Crippen molar-refractivity contribution in [2.45, 2.75) is 24.9 Å². The van der Waals surface area contributed by atoms with Gasteiger partial charge in [-0.15, -0.1) is 0 Å². The molecule has 0 saturated carbocycles. The number of benzene rings is 3. The zero-order valence-electron chi connectivity index (χ0n) is 22.9. The van der Waals surface area contributed by atoms with Crippen LogP contribution >= 0.6 is 0 Å². The van der Waals surface area contributed by atoms with Gasteiger partial charge in [0.25, 0.3) is 5.91 Å². The summed E-state index contributed by atoms with van der Waals surface area (Å²) in [5.74, 6) is -1.88. The van der Waals surface area contributed by atoms with Gasteiger partial charge in [0.1, 0.15) is 33.3 Å². The van der Waals surface area contributed by atoms with Crippen LogP contribution in [-0.4, -0.2) is 55.4 Å². The molecule has 3 N–H and O–H groups in total. The van der Waals surface area contributed by atoms with Gasteiger partial charge in [0, 0.05) is 36.3 Å². The van der Waals surface area contributed by atoms with Crippen LogP contribution in [0.3, 0.4) is 0 Å². The van der Waals surface area contributed by atoms with Gasteiger partial charge in [-0.2, -0.15) is 0 Å². The molecule has 12 heteroatoms. The number of nitrogens with one attached hydrogen (secondary N) is 3. The Morgan fingerprint density at radius 3 is 2.26 bits per heavy atom. The predicted molar refractivity (Wildman–Crippen MR) is 154 cm³/mol. The van der Waals surface area contributed by atoms with Gasteiger partial charge in [-0.3, -0.25) is 4.79 Å². The first-order chi connectivity index (χ1) is 20.0. The van der Waals surface area contributed by atoms with Crippen molar-refractivity contribution >= 4 is 27.4 Å². The summed E-state index contributed by atoms with van der Waals surface area (Å²) in [4.78, 5) is 33.1. The number of nitrogens with zero attached hydrogens (tertiary/aromatic N) is 1. The van der Waals surface area contributed by atoms with Gasteiger partial charge in [0.05, 0.1) is 18.9 Å². The maximum Gasteiger partial charge on any atom is 0.328 e. The minimum atomic E-state index is -3.41. The minimum Gasteiger partial charge on any atom is -0.467 e. The molecule has 1 unspecified atom stereocenters. The van der Waals surface area contributed by atoms with E-state index in [1.807, 2.05) is 0 Å². The number of hydrogen-bond donors (Lipinski definition) is 3. The number of H-pyrrole nitrogens is 1. The molecule has 220 valence electrons. The summed E-state index contributed by atoms with van der Waals surface area (Å²) in [6.07, 6.45) is 4.64. The summed E-state index contributed by atoms with van der Waals surface area (Å²) in [5.41, 5.74) is 2.53. The molecular weight excluding hydrogens is 566 g/mol. The molecule has 4 aromatic rings. The van der Waals surface area contributed by atoms with Crippen molar-refractivity contribution in [1.82, 2.24) is 15.3 Å². The van der Waals surface area contributed by atoms with Crippen molar-refractivity contribution < 1.29 is 31.5 Å². The lowest BCUT2D eigenvalue weighted by atomic mass is 9.97. The highest BCUT2D eigenvalue weighted by Crippen LogP contribution is 2.30. The van der Waals surface area contributed by atoms with Crippen LogP contribution in [0.2, 0.25) is 0 Å². The van der Waals surface area contributed by atoms with Crippen molar-refractivity contribution in [1.29, 1.82) is 0 Å². The molecule has 0 aliphatic carbocycles. The Kier molecular flexibility index (Phi) is 9.68. The molecule has 0 aliphatic rings. The topological polar surface area (TPSA) is 130 Å². The Morgan fingerprint density at radius 2 is 1.67 bits per heavy atom. The molecule has 0 fully saturated rings. The molecule has 42 heavy (non-hydrogen) atoms. The average molecular weight is 597 g/mol. The number of amides is 1. The zero-order valence-corrected chi connectivity index (χ0v) is 23.8. The molecule has 0 aliphatic heterocycles. The van der Waals surface area contributed by atoms with Crippen LogP contribution in [0.1, 0.15) is 34.2 Å². The van der Waals surface area contributed by atoms with Crippen LogP contribution in [0.5, 0.6) is 0 Å². The van der Waals surface area contributed by atoms with Crippen molar-refractivity contribution in [2.24, 2.45) is 0 Å². The van der Waals surface area contributed by atoms with Crippen LogP contribution in [0, 0.1) is 11.6 Å². The number of sulfone groups is 1. The van der Waals surface area contributed by atoms with Crippen molar-refractivity contribution in [3.63, 3.8) is 0 Å². The van der Waals surface area contributed by atoms with E-state index in [-0.39, 0.29) is 29.6 Å². The Labute approximate surface area is 242 Å². The van der Waals surface area contributed by atoms with E-state index in [4.69, 9.17) is 4.74 Å². The highest BCUT2D eigenvalue weighted by Gasteiger charge is 2.25. The number of methoxy groups -OCH3 is 1. The Bertz CT molecular complexity index is 1630. The van der Waals surface area contributed by atoms with Crippen LogP contribution in [-0.2, 0) is 25.8 Å². The average Bonchev–Trinajstić information content (AvgIpc) is 3.48. The standard InChI is InChI=1S/C30H30F2N4O5S/c1-41-30(38)26(13-16-42(2,39)40)36-29(37)24-12-11-23(17-25(24)19-3-7-21(31)8-4-19)35-27(18-28-33-14-15-34-28)20-5-9-22(32)10-6-20/h3-12,14-15,17,26-27,35H,13,16,18H2,1-2H3,(H,33,34)(H,36,37)/t26-,27?/m0/s1. The molecule has 4 rings (SSSR count). The van der Waals surface area contributed by atoms with E-state index < -0.39 is 33.6 Å². The fraction of sp³-hybridized carbons (Fsp3) is 0.233. The number of aromatic amines is 1. The number of rotatable bonds is 12. The second-order valence-corrected chi connectivity index (χ2v) is 12.0. The number of imidazole rings is 1. The molecule has 0 bridgehead atoms. The Morgan fingerprint density at radius 1 is 1.00 bits per heavy atom. The van der Waals surface area contributed by atoms with E-state index in [9.17, 15) is 26.8 Å². The Hall–Kier alpha value is -4.58. The minimum absolute atomic E-state index is 0.171. The van der Waals surface area contributed by atoms with Crippen molar-refractivity contribution in [3.05, 3.63) is 108 Å². The van der Waals surface area contributed by atoms with Gasteiger partial charge >= 0.3 is 5.97 Å². The highest BCUT2D eigenvalue weighted by molar-refractivity contribution is 7.90. The summed E-state index contributed by atoms with van der Waals surface area (Å²) in [7, 11) is -2.26. The molecule has 1 heterocycles. The summed E-state index contributed by atoms with van der Waals surface area (Å²) in [6.45, 7) is 0. The summed E-state index contributed by atoms with van der Waals surface area (Å²) < 4.78 is 55.6. The maximum absolute atomic E-state index is 13.8.